The number of hydrogen-bond donors (Lipinski definition) is 2. The second-order valence-corrected chi connectivity index (χ2v) is 11.5. The molecular weight excluding hydrogens is 496 g/mol. The Hall–Kier alpha value is -3.63. The van der Waals surface area contributed by atoms with Crippen LogP contribution in [0, 0.1) is 0 Å². The molecule has 0 saturated carbocycles. The highest BCUT2D eigenvalue weighted by atomic mass is 16.5. The quantitative estimate of drug-likeness (QED) is 0.482. The lowest BCUT2D eigenvalue weighted by Gasteiger charge is -2.32. The highest BCUT2D eigenvalue weighted by molar-refractivity contribution is 6.02. The van der Waals surface area contributed by atoms with Gasteiger partial charge in [0.15, 0.2) is 5.90 Å². The first kappa shape index (κ1) is 25.6. The monoisotopic (exact) mass is 532 g/mol. The van der Waals surface area contributed by atoms with Gasteiger partial charge in [0.05, 0.1) is 28.7 Å². The lowest BCUT2D eigenvalue weighted by molar-refractivity contribution is 0.0748. The predicted octanol–water partition coefficient (Wildman–Crippen LogP) is 2.80. The third-order valence-electron chi connectivity index (χ3n) is 7.79. The molecule has 0 aliphatic carbocycles. The molecule has 3 aliphatic heterocycles. The zero-order valence-electron chi connectivity index (χ0n) is 22.9. The number of nitrogens with one attached hydrogen (secondary N) is 1. The number of aromatic hydroxyl groups is 1. The van der Waals surface area contributed by atoms with Crippen molar-refractivity contribution in [2.45, 2.75) is 38.9 Å². The maximum absolute atomic E-state index is 13.5. The lowest BCUT2D eigenvalue weighted by Crippen LogP contribution is -2.45. The van der Waals surface area contributed by atoms with Crippen LogP contribution in [0.15, 0.2) is 35.3 Å². The Morgan fingerprint density at radius 2 is 1.92 bits per heavy atom. The third-order valence-corrected chi connectivity index (χ3v) is 7.79. The second kappa shape index (κ2) is 10.2. The van der Waals surface area contributed by atoms with Crippen LogP contribution in [0.5, 0.6) is 11.5 Å². The molecule has 2 N–H and O–H groups in total. The normalized spacial score (nSPS) is 19.3. The fourth-order valence-electron chi connectivity index (χ4n) is 5.45. The highest BCUT2D eigenvalue weighted by Crippen LogP contribution is 2.32. The first-order chi connectivity index (χ1) is 18.7. The molecule has 0 unspecified atom stereocenters. The van der Waals surface area contributed by atoms with Gasteiger partial charge in [0.1, 0.15) is 24.7 Å². The van der Waals surface area contributed by atoms with E-state index < -0.39 is 0 Å². The van der Waals surface area contributed by atoms with Gasteiger partial charge >= 0.3 is 0 Å². The van der Waals surface area contributed by atoms with Crippen LogP contribution in [-0.4, -0.2) is 100 Å². The van der Waals surface area contributed by atoms with Crippen LogP contribution in [0.3, 0.4) is 0 Å². The van der Waals surface area contributed by atoms with Crippen LogP contribution in [0.2, 0.25) is 0 Å². The maximum Gasteiger partial charge on any atom is 0.258 e. The van der Waals surface area contributed by atoms with Crippen molar-refractivity contribution in [1.82, 2.24) is 24.9 Å². The number of piperazine rings is 1. The fraction of sp³-hybridized carbons (Fsp3) is 0.483. The van der Waals surface area contributed by atoms with Crippen molar-refractivity contribution < 1.29 is 19.4 Å². The second-order valence-electron chi connectivity index (χ2n) is 11.5. The third kappa shape index (κ3) is 5.44. The summed E-state index contributed by atoms with van der Waals surface area (Å²) in [6.45, 7) is 11.4. The minimum Gasteiger partial charge on any atom is -0.507 e. The SMILES string of the molecule is CN1CCN(CCOc2ccc3c(c2)CN(C(=O)c2cc4c(CC5=NC(C)(C)CO5)[nH]nc4cc2O)C3)CC1. The van der Waals surface area contributed by atoms with Gasteiger partial charge in [-0.05, 0) is 50.2 Å². The molecule has 1 fully saturated rings. The number of nitrogens with zero attached hydrogens (tertiary/aromatic N) is 5. The Morgan fingerprint density at radius 1 is 1.13 bits per heavy atom. The van der Waals surface area contributed by atoms with Gasteiger partial charge < -0.3 is 24.4 Å². The topological polar surface area (TPSA) is 107 Å². The number of likely N-dealkylation sites (N-methyl/N-ethyl adjacent to an activating group) is 1. The summed E-state index contributed by atoms with van der Waals surface area (Å²) in [7, 11) is 2.16. The minimum atomic E-state index is -0.245. The summed E-state index contributed by atoms with van der Waals surface area (Å²) in [6.07, 6.45) is 0.449. The molecule has 10 heteroatoms. The standard InChI is InChI=1S/C29H36N6O4/c1-29(2)18-39-27(30-29)15-25-22-13-23(26(36)14-24(22)31-32-25)28(37)35-16-19-4-5-21(12-20(19)17-35)38-11-10-34-8-6-33(3)7-9-34/h4-5,12-14,36H,6-11,15-18H2,1-3H3,(H,31,32). The molecule has 206 valence electrons. The van der Waals surface area contributed by atoms with Crippen LogP contribution in [0.4, 0.5) is 0 Å². The van der Waals surface area contributed by atoms with Gasteiger partial charge in [0.25, 0.3) is 5.91 Å². The first-order valence-electron chi connectivity index (χ1n) is 13.6. The minimum absolute atomic E-state index is 0.0787. The number of amides is 1. The van der Waals surface area contributed by atoms with Crippen molar-refractivity contribution in [3.63, 3.8) is 0 Å². The summed E-state index contributed by atoms with van der Waals surface area (Å²) < 4.78 is 11.8. The zero-order chi connectivity index (χ0) is 27.1. The summed E-state index contributed by atoms with van der Waals surface area (Å²) in [5.74, 6) is 1.17. The van der Waals surface area contributed by atoms with Crippen molar-refractivity contribution in [3.05, 3.63) is 52.7 Å². The van der Waals surface area contributed by atoms with E-state index in [4.69, 9.17) is 9.47 Å². The number of carbonyl (C=O) groups is 1. The van der Waals surface area contributed by atoms with Gasteiger partial charge in [-0.3, -0.25) is 14.8 Å². The van der Waals surface area contributed by atoms with Gasteiger partial charge in [0, 0.05) is 57.3 Å². The van der Waals surface area contributed by atoms with Gasteiger partial charge in [-0.2, -0.15) is 5.10 Å². The van der Waals surface area contributed by atoms with E-state index in [0.717, 1.165) is 60.7 Å². The lowest BCUT2D eigenvalue weighted by atomic mass is 10.1. The molecule has 4 heterocycles. The van der Waals surface area contributed by atoms with Crippen molar-refractivity contribution in [1.29, 1.82) is 0 Å². The van der Waals surface area contributed by atoms with E-state index in [1.807, 2.05) is 32.0 Å². The average molecular weight is 533 g/mol. The Bertz CT molecular complexity index is 1420. The largest absolute Gasteiger partial charge is 0.507 e. The van der Waals surface area contributed by atoms with E-state index >= 15 is 0 Å². The number of benzene rings is 2. The summed E-state index contributed by atoms with van der Waals surface area (Å²) >= 11 is 0. The van der Waals surface area contributed by atoms with Crippen LogP contribution < -0.4 is 4.74 Å². The fourth-order valence-corrected chi connectivity index (χ4v) is 5.45. The van der Waals surface area contributed by atoms with Crippen molar-refractivity contribution >= 4 is 22.7 Å². The Kier molecular flexibility index (Phi) is 6.68. The number of carbonyl (C=O) groups excluding carboxylic acids is 1. The molecule has 0 atom stereocenters. The number of fused-ring (bicyclic) bond motifs is 2. The smallest absolute Gasteiger partial charge is 0.258 e. The number of H-pyrrole nitrogens is 1. The molecule has 3 aromatic rings. The number of phenolic OH excluding ortho intramolecular Hbond substituents is 1. The Balaban J connectivity index is 1.12. The van der Waals surface area contributed by atoms with E-state index in [1.54, 1.807) is 17.0 Å². The molecule has 0 spiro atoms. The molecule has 0 radical (unpaired) electrons. The number of ether oxygens (including phenoxy) is 2. The van der Waals surface area contributed by atoms with Gasteiger partial charge in [0.2, 0.25) is 0 Å². The van der Waals surface area contributed by atoms with E-state index in [9.17, 15) is 9.90 Å². The van der Waals surface area contributed by atoms with Gasteiger partial charge in [-0.1, -0.05) is 6.07 Å². The predicted molar refractivity (Wildman–Crippen MR) is 148 cm³/mol. The Labute approximate surface area is 228 Å². The van der Waals surface area contributed by atoms with Crippen LogP contribution in [0.1, 0.15) is 41.0 Å². The van der Waals surface area contributed by atoms with E-state index in [0.29, 0.717) is 44.1 Å². The number of rotatable bonds is 7. The van der Waals surface area contributed by atoms with Gasteiger partial charge in [-0.15, -0.1) is 0 Å². The summed E-state index contributed by atoms with van der Waals surface area (Å²) in [5, 5.41) is 18.8. The molecule has 39 heavy (non-hydrogen) atoms. The van der Waals surface area contributed by atoms with Crippen molar-refractivity contribution in [3.8, 4) is 11.5 Å². The van der Waals surface area contributed by atoms with E-state index in [1.165, 1.54) is 0 Å². The van der Waals surface area contributed by atoms with Crippen LogP contribution in [-0.2, 0) is 24.2 Å². The molecule has 1 saturated heterocycles. The summed E-state index contributed by atoms with van der Waals surface area (Å²) in [4.78, 5) is 24.7. The molecule has 10 nitrogen and oxygen atoms in total. The molecule has 6 rings (SSSR count). The molecule has 2 aromatic carbocycles. The van der Waals surface area contributed by atoms with Crippen molar-refractivity contribution in [2.75, 3.05) is 53.0 Å². The molecule has 1 aromatic heterocycles. The number of aromatic nitrogens is 2. The number of hydrogen-bond acceptors (Lipinski definition) is 8. The summed E-state index contributed by atoms with van der Waals surface area (Å²) in [5.41, 5.74) is 3.59. The Morgan fingerprint density at radius 3 is 2.69 bits per heavy atom. The molecule has 1 amide bonds. The van der Waals surface area contributed by atoms with E-state index in [2.05, 4.69) is 32.0 Å². The van der Waals surface area contributed by atoms with Crippen molar-refractivity contribution in [2.24, 2.45) is 4.99 Å². The molecule has 3 aliphatic rings. The van der Waals surface area contributed by atoms with Crippen LogP contribution >= 0.6 is 0 Å². The van der Waals surface area contributed by atoms with Crippen LogP contribution in [0.25, 0.3) is 10.9 Å². The number of aromatic amines is 1. The molecular formula is C29H36N6O4. The number of aliphatic imine (C=N–C) groups is 1. The van der Waals surface area contributed by atoms with E-state index in [-0.39, 0.29) is 22.8 Å². The highest BCUT2D eigenvalue weighted by Gasteiger charge is 2.29. The average Bonchev–Trinajstić information content (AvgIpc) is 3.60. The maximum atomic E-state index is 13.5. The first-order valence-corrected chi connectivity index (χ1v) is 13.6. The number of phenols is 1. The summed E-state index contributed by atoms with van der Waals surface area (Å²) in [6, 6.07) is 9.32. The van der Waals surface area contributed by atoms with Gasteiger partial charge in [-0.25, -0.2) is 4.99 Å². The molecule has 0 bridgehead atoms. The zero-order valence-corrected chi connectivity index (χ0v) is 22.9.